The molecule has 2 aromatic carbocycles. The fourth-order valence-electron chi connectivity index (χ4n) is 4.87. The number of nitrogens with one attached hydrogen (secondary N) is 2. The van der Waals surface area contributed by atoms with E-state index in [2.05, 4.69) is 37.6 Å². The molecule has 6 aromatic rings. The van der Waals surface area contributed by atoms with E-state index < -0.39 is 0 Å². The number of fused-ring (bicyclic) bond motifs is 1. The Balaban J connectivity index is 1.32. The Morgan fingerprint density at radius 2 is 1.71 bits per heavy atom. The van der Waals surface area contributed by atoms with Crippen molar-refractivity contribution in [1.29, 1.82) is 0 Å². The number of amides is 1. The summed E-state index contributed by atoms with van der Waals surface area (Å²) in [4.78, 5) is 28.5. The third-order valence-electron chi connectivity index (χ3n) is 6.62. The van der Waals surface area contributed by atoms with Crippen molar-refractivity contribution < 1.29 is 4.79 Å². The second kappa shape index (κ2) is 12.0. The van der Waals surface area contributed by atoms with Gasteiger partial charge in [-0.2, -0.15) is 5.10 Å². The van der Waals surface area contributed by atoms with Crippen LogP contribution in [-0.2, 0) is 17.8 Å². The number of carbonyl (C=O) groups excluding carboxylic acids is 1. The third-order valence-corrected chi connectivity index (χ3v) is 6.62. The lowest BCUT2D eigenvalue weighted by Crippen LogP contribution is -2.15. The highest BCUT2D eigenvalue weighted by molar-refractivity contribution is 5.95. The molecule has 0 aliphatic heterocycles. The molecule has 0 radical (unpaired) electrons. The van der Waals surface area contributed by atoms with Crippen LogP contribution in [0.2, 0.25) is 0 Å². The zero-order chi connectivity index (χ0) is 28.9. The van der Waals surface area contributed by atoms with Crippen LogP contribution in [0.3, 0.4) is 0 Å². The highest BCUT2D eigenvalue weighted by Gasteiger charge is 2.19. The summed E-state index contributed by atoms with van der Waals surface area (Å²) < 4.78 is 1.84. The Labute approximate surface area is 243 Å². The van der Waals surface area contributed by atoms with Gasteiger partial charge in [0.15, 0.2) is 0 Å². The van der Waals surface area contributed by atoms with E-state index in [0.717, 1.165) is 40.3 Å². The Morgan fingerprint density at radius 1 is 0.857 bits per heavy atom. The summed E-state index contributed by atoms with van der Waals surface area (Å²) in [5, 5.41) is 11.3. The Morgan fingerprint density at radius 3 is 2.57 bits per heavy atom. The van der Waals surface area contributed by atoms with E-state index in [1.807, 2.05) is 104 Å². The minimum atomic E-state index is -0.137. The molecular weight excluding hydrogens is 524 g/mol. The molecule has 0 saturated heterocycles. The van der Waals surface area contributed by atoms with Crippen LogP contribution in [0.15, 0.2) is 110 Å². The van der Waals surface area contributed by atoms with Gasteiger partial charge < -0.3 is 15.5 Å². The summed E-state index contributed by atoms with van der Waals surface area (Å²) in [5.74, 6) is 0.355. The average Bonchev–Trinajstić information content (AvgIpc) is 3.38. The van der Waals surface area contributed by atoms with Crippen molar-refractivity contribution in [1.82, 2.24) is 29.5 Å². The molecule has 0 aliphatic rings. The SMILES string of the molecule is CN(C)Cc1cccc(Nc2nccc(-c3c(-c4cccc(NC(=O)Cc5ccccn5)c4)nn4ccccc34)n2)c1. The van der Waals surface area contributed by atoms with Gasteiger partial charge in [0.05, 0.1) is 23.2 Å². The Bertz CT molecular complexity index is 1850. The van der Waals surface area contributed by atoms with E-state index in [4.69, 9.17) is 10.1 Å². The quantitative estimate of drug-likeness (QED) is 0.232. The Hall–Kier alpha value is -5.41. The van der Waals surface area contributed by atoms with E-state index in [0.29, 0.717) is 17.3 Å². The van der Waals surface area contributed by atoms with Gasteiger partial charge in [-0.1, -0.05) is 36.4 Å². The molecule has 9 heteroatoms. The van der Waals surface area contributed by atoms with Crippen LogP contribution in [-0.4, -0.2) is 49.5 Å². The van der Waals surface area contributed by atoms with E-state index in [9.17, 15) is 4.79 Å². The fourth-order valence-corrected chi connectivity index (χ4v) is 4.87. The van der Waals surface area contributed by atoms with Crippen molar-refractivity contribution in [3.05, 3.63) is 121 Å². The van der Waals surface area contributed by atoms with Crippen LogP contribution in [0.5, 0.6) is 0 Å². The van der Waals surface area contributed by atoms with Crippen LogP contribution < -0.4 is 10.6 Å². The van der Waals surface area contributed by atoms with E-state index in [-0.39, 0.29) is 12.3 Å². The second-order valence-electron chi connectivity index (χ2n) is 10.2. The zero-order valence-electron chi connectivity index (χ0n) is 23.4. The molecule has 0 fully saturated rings. The van der Waals surface area contributed by atoms with Crippen LogP contribution >= 0.6 is 0 Å². The number of aromatic nitrogens is 5. The average molecular weight is 555 g/mol. The zero-order valence-corrected chi connectivity index (χ0v) is 23.4. The largest absolute Gasteiger partial charge is 0.326 e. The van der Waals surface area contributed by atoms with Crippen molar-refractivity contribution in [3.63, 3.8) is 0 Å². The maximum atomic E-state index is 12.7. The first-order chi connectivity index (χ1) is 20.5. The predicted molar refractivity (Wildman–Crippen MR) is 165 cm³/mol. The lowest BCUT2D eigenvalue weighted by molar-refractivity contribution is -0.115. The molecule has 208 valence electrons. The van der Waals surface area contributed by atoms with Crippen LogP contribution in [0.1, 0.15) is 11.3 Å². The molecule has 1 amide bonds. The highest BCUT2D eigenvalue weighted by atomic mass is 16.1. The van der Waals surface area contributed by atoms with Crippen LogP contribution in [0, 0.1) is 0 Å². The number of carbonyl (C=O) groups is 1. The van der Waals surface area contributed by atoms with Crippen molar-refractivity contribution in [3.8, 4) is 22.5 Å². The predicted octanol–water partition coefficient (Wildman–Crippen LogP) is 5.84. The summed E-state index contributed by atoms with van der Waals surface area (Å²) in [5.41, 5.74) is 7.63. The van der Waals surface area contributed by atoms with E-state index in [1.54, 1.807) is 12.4 Å². The lowest BCUT2D eigenvalue weighted by Gasteiger charge is -2.12. The highest BCUT2D eigenvalue weighted by Crippen LogP contribution is 2.35. The first-order valence-electron chi connectivity index (χ1n) is 13.6. The van der Waals surface area contributed by atoms with E-state index in [1.165, 1.54) is 5.56 Å². The minimum absolute atomic E-state index is 0.137. The van der Waals surface area contributed by atoms with Gasteiger partial charge in [-0.3, -0.25) is 9.78 Å². The van der Waals surface area contributed by atoms with E-state index >= 15 is 0 Å². The fraction of sp³-hybridized carbons (Fsp3) is 0.121. The van der Waals surface area contributed by atoms with Gasteiger partial charge in [-0.05, 0) is 74.3 Å². The summed E-state index contributed by atoms with van der Waals surface area (Å²) in [6.07, 6.45) is 5.54. The molecule has 9 nitrogen and oxygen atoms in total. The van der Waals surface area contributed by atoms with Gasteiger partial charge in [0.1, 0.15) is 5.69 Å². The number of pyridine rings is 2. The molecular formula is C33H30N8O. The van der Waals surface area contributed by atoms with Crippen LogP contribution in [0.4, 0.5) is 17.3 Å². The number of benzene rings is 2. The first-order valence-corrected chi connectivity index (χ1v) is 13.6. The molecule has 4 aromatic heterocycles. The molecule has 0 unspecified atom stereocenters. The normalized spacial score (nSPS) is 11.1. The number of anilines is 3. The summed E-state index contributed by atoms with van der Waals surface area (Å²) in [6.45, 7) is 0.838. The maximum absolute atomic E-state index is 12.7. The summed E-state index contributed by atoms with van der Waals surface area (Å²) in [7, 11) is 4.10. The smallest absolute Gasteiger partial charge is 0.230 e. The van der Waals surface area contributed by atoms with Gasteiger partial charge in [0.2, 0.25) is 11.9 Å². The minimum Gasteiger partial charge on any atom is -0.326 e. The van der Waals surface area contributed by atoms with Crippen LogP contribution in [0.25, 0.3) is 28.0 Å². The van der Waals surface area contributed by atoms with Gasteiger partial charge in [-0.15, -0.1) is 0 Å². The van der Waals surface area contributed by atoms with Crippen molar-refractivity contribution >= 4 is 28.7 Å². The third kappa shape index (κ3) is 6.16. The molecule has 4 heterocycles. The number of hydrogen-bond donors (Lipinski definition) is 2. The molecule has 0 atom stereocenters. The molecule has 0 bridgehead atoms. The number of rotatable bonds is 9. The molecule has 0 aliphatic carbocycles. The number of hydrogen-bond acceptors (Lipinski definition) is 7. The molecule has 42 heavy (non-hydrogen) atoms. The van der Waals surface area contributed by atoms with Crippen molar-refractivity contribution in [2.24, 2.45) is 0 Å². The van der Waals surface area contributed by atoms with Crippen molar-refractivity contribution in [2.75, 3.05) is 24.7 Å². The van der Waals surface area contributed by atoms with Gasteiger partial charge in [0.25, 0.3) is 0 Å². The Kier molecular flexibility index (Phi) is 7.65. The molecule has 6 rings (SSSR count). The van der Waals surface area contributed by atoms with Gasteiger partial charge >= 0.3 is 0 Å². The summed E-state index contributed by atoms with van der Waals surface area (Å²) in [6, 6.07) is 29.3. The molecule has 2 N–H and O–H groups in total. The maximum Gasteiger partial charge on any atom is 0.230 e. The van der Waals surface area contributed by atoms with Gasteiger partial charge in [-0.25, -0.2) is 14.5 Å². The second-order valence-corrected chi connectivity index (χ2v) is 10.2. The monoisotopic (exact) mass is 554 g/mol. The topological polar surface area (TPSA) is 100 Å². The lowest BCUT2D eigenvalue weighted by atomic mass is 10.0. The standard InChI is InChI=1S/C33H30N8O/c1-40(2)22-23-9-7-12-26(19-23)37-33-35-17-15-28(38-33)31-29-14-4-6-18-41(29)39-32(31)24-10-8-13-27(20-24)36-30(42)21-25-11-3-5-16-34-25/h3-20H,21-22H2,1-2H3,(H,36,42)(H,35,37,38). The summed E-state index contributed by atoms with van der Waals surface area (Å²) >= 11 is 0. The number of nitrogens with zero attached hydrogens (tertiary/aromatic N) is 6. The van der Waals surface area contributed by atoms with Gasteiger partial charge in [0, 0.05) is 47.8 Å². The van der Waals surface area contributed by atoms with Crippen molar-refractivity contribution in [2.45, 2.75) is 13.0 Å². The molecule has 0 saturated carbocycles. The molecule has 0 spiro atoms. The first kappa shape index (κ1) is 26.8.